The van der Waals surface area contributed by atoms with Gasteiger partial charge in [0.1, 0.15) is 12.3 Å². The molecule has 0 aliphatic carbocycles. The Hall–Kier alpha value is -3.65. The van der Waals surface area contributed by atoms with Crippen molar-refractivity contribution in [3.63, 3.8) is 0 Å². The lowest BCUT2D eigenvalue weighted by Gasteiger charge is -2.27. The van der Waals surface area contributed by atoms with Crippen LogP contribution in [0.25, 0.3) is 10.9 Å². The number of aromatic nitrogens is 1. The van der Waals surface area contributed by atoms with Crippen LogP contribution in [0.15, 0.2) is 54.7 Å². The van der Waals surface area contributed by atoms with Crippen LogP contribution in [-0.2, 0) is 20.9 Å². The fourth-order valence-corrected chi connectivity index (χ4v) is 4.19. The van der Waals surface area contributed by atoms with Crippen molar-refractivity contribution in [2.75, 3.05) is 44.4 Å². The van der Waals surface area contributed by atoms with E-state index in [0.29, 0.717) is 61.8 Å². The predicted molar refractivity (Wildman–Crippen MR) is 129 cm³/mol. The number of likely N-dealkylation sites (N-methyl/N-ethyl adjacent to an activating group) is 1. The van der Waals surface area contributed by atoms with Gasteiger partial charge in [0.05, 0.1) is 25.4 Å². The summed E-state index contributed by atoms with van der Waals surface area (Å²) in [5.74, 6) is -0.563. The maximum absolute atomic E-state index is 13.4. The van der Waals surface area contributed by atoms with Gasteiger partial charge in [-0.25, -0.2) is 0 Å². The molecule has 2 heterocycles. The Morgan fingerprint density at radius 3 is 2.38 bits per heavy atom. The first kappa shape index (κ1) is 23.5. The van der Waals surface area contributed by atoms with Gasteiger partial charge in [0.15, 0.2) is 0 Å². The zero-order valence-electron chi connectivity index (χ0n) is 19.5. The second-order valence-corrected chi connectivity index (χ2v) is 7.99. The third kappa shape index (κ3) is 4.82. The number of carbonyl (C=O) groups is 3. The zero-order chi connectivity index (χ0) is 24.1. The zero-order valence-corrected chi connectivity index (χ0v) is 19.5. The van der Waals surface area contributed by atoms with Crippen LogP contribution in [0.2, 0.25) is 0 Å². The Bertz CT molecular complexity index is 1180. The number of benzene rings is 2. The fourth-order valence-electron chi connectivity index (χ4n) is 4.19. The summed E-state index contributed by atoms with van der Waals surface area (Å²) < 4.78 is 12.5. The first-order chi connectivity index (χ1) is 16.5. The van der Waals surface area contributed by atoms with E-state index in [1.807, 2.05) is 32.0 Å². The van der Waals surface area contributed by atoms with Gasteiger partial charge >= 0.3 is 0 Å². The maximum Gasteiger partial charge on any atom is 0.299 e. The number of carbonyl (C=O) groups excluding carboxylic acids is 3. The normalized spacial score (nSPS) is 13.6. The number of morpholine rings is 1. The minimum Gasteiger partial charge on any atom is -0.494 e. The van der Waals surface area contributed by atoms with Crippen LogP contribution in [0.3, 0.4) is 0 Å². The van der Waals surface area contributed by atoms with Crippen molar-refractivity contribution in [2.45, 2.75) is 20.4 Å². The van der Waals surface area contributed by atoms with E-state index in [4.69, 9.17) is 9.47 Å². The molecule has 3 aromatic rings. The van der Waals surface area contributed by atoms with E-state index in [1.165, 1.54) is 4.90 Å². The quantitative estimate of drug-likeness (QED) is 0.379. The van der Waals surface area contributed by atoms with Gasteiger partial charge in [-0.2, -0.15) is 0 Å². The molecule has 178 valence electrons. The summed E-state index contributed by atoms with van der Waals surface area (Å²) in [6.45, 7) is 6.86. The van der Waals surface area contributed by atoms with Crippen molar-refractivity contribution in [1.29, 1.82) is 0 Å². The van der Waals surface area contributed by atoms with Crippen LogP contribution in [0.1, 0.15) is 24.2 Å². The molecule has 1 aromatic heterocycles. The number of ether oxygens (including phenoxy) is 2. The van der Waals surface area contributed by atoms with Crippen LogP contribution < -0.4 is 9.64 Å². The second kappa shape index (κ2) is 10.5. The number of ketones is 1. The minimum absolute atomic E-state index is 0.0426. The van der Waals surface area contributed by atoms with E-state index in [0.717, 1.165) is 5.52 Å². The van der Waals surface area contributed by atoms with Gasteiger partial charge in [0, 0.05) is 42.4 Å². The summed E-state index contributed by atoms with van der Waals surface area (Å²) in [5, 5.41) is 0.651. The maximum atomic E-state index is 13.4. The first-order valence-corrected chi connectivity index (χ1v) is 11.6. The van der Waals surface area contributed by atoms with Crippen molar-refractivity contribution in [2.24, 2.45) is 0 Å². The fraction of sp³-hybridized carbons (Fsp3) is 0.346. The topological polar surface area (TPSA) is 81.1 Å². The van der Waals surface area contributed by atoms with Crippen molar-refractivity contribution in [3.8, 4) is 5.75 Å². The Labute approximate surface area is 198 Å². The molecule has 0 saturated carbocycles. The van der Waals surface area contributed by atoms with Crippen molar-refractivity contribution in [1.82, 2.24) is 9.47 Å². The second-order valence-electron chi connectivity index (χ2n) is 7.99. The highest BCUT2D eigenvalue weighted by Crippen LogP contribution is 2.25. The predicted octanol–water partition coefficient (Wildman–Crippen LogP) is 3.13. The van der Waals surface area contributed by atoms with Crippen LogP contribution in [0, 0.1) is 0 Å². The molecule has 34 heavy (non-hydrogen) atoms. The summed E-state index contributed by atoms with van der Waals surface area (Å²) in [7, 11) is 0. The molecule has 0 unspecified atom stereocenters. The number of Topliss-reactive ketones (excluding diaryl/α,β-unsaturated/α-hetero) is 1. The molecule has 1 fully saturated rings. The van der Waals surface area contributed by atoms with Crippen LogP contribution in [0.5, 0.6) is 5.75 Å². The van der Waals surface area contributed by atoms with Gasteiger partial charge in [-0.3, -0.25) is 14.4 Å². The largest absolute Gasteiger partial charge is 0.494 e. The average Bonchev–Trinajstić information content (AvgIpc) is 3.24. The average molecular weight is 464 g/mol. The molecule has 0 radical (unpaired) electrons. The minimum atomic E-state index is -0.617. The van der Waals surface area contributed by atoms with E-state index in [-0.39, 0.29) is 12.5 Å². The van der Waals surface area contributed by atoms with Crippen molar-refractivity contribution < 1.29 is 23.9 Å². The number of fused-ring (bicyclic) bond motifs is 1. The summed E-state index contributed by atoms with van der Waals surface area (Å²) in [5.41, 5.74) is 1.65. The van der Waals surface area contributed by atoms with Gasteiger partial charge < -0.3 is 23.8 Å². The van der Waals surface area contributed by atoms with Gasteiger partial charge in [-0.05, 0) is 44.2 Å². The van der Waals surface area contributed by atoms with E-state index >= 15 is 0 Å². The third-order valence-corrected chi connectivity index (χ3v) is 5.92. The first-order valence-electron chi connectivity index (χ1n) is 11.6. The van der Waals surface area contributed by atoms with E-state index in [2.05, 4.69) is 0 Å². The van der Waals surface area contributed by atoms with Gasteiger partial charge in [0.25, 0.3) is 11.7 Å². The number of amides is 2. The molecule has 4 rings (SSSR count). The number of rotatable bonds is 8. The highest BCUT2D eigenvalue weighted by molar-refractivity contribution is 6.48. The number of nitrogens with zero attached hydrogens (tertiary/aromatic N) is 3. The molecule has 8 nitrogen and oxygen atoms in total. The van der Waals surface area contributed by atoms with Crippen LogP contribution in [0.4, 0.5) is 5.69 Å². The van der Waals surface area contributed by atoms with E-state index < -0.39 is 11.7 Å². The summed E-state index contributed by atoms with van der Waals surface area (Å²) in [6, 6.07) is 14.4. The Kier molecular flexibility index (Phi) is 7.27. The van der Waals surface area contributed by atoms with Gasteiger partial charge in [-0.1, -0.05) is 18.2 Å². The van der Waals surface area contributed by atoms with Gasteiger partial charge in [0.2, 0.25) is 5.91 Å². The molecule has 0 spiro atoms. The molecular formula is C26H29N3O5. The highest BCUT2D eigenvalue weighted by Gasteiger charge is 2.27. The molecule has 0 atom stereocenters. The molecule has 1 aliphatic rings. The highest BCUT2D eigenvalue weighted by atomic mass is 16.5. The molecular weight excluding hydrogens is 434 g/mol. The summed E-state index contributed by atoms with van der Waals surface area (Å²) in [4.78, 5) is 42.6. The van der Waals surface area contributed by atoms with Crippen LogP contribution in [-0.4, -0.2) is 66.5 Å². The number of hydrogen-bond acceptors (Lipinski definition) is 5. The lowest BCUT2D eigenvalue weighted by molar-refractivity contribution is -0.135. The molecule has 2 amide bonds. The molecule has 0 bridgehead atoms. The lowest BCUT2D eigenvalue weighted by atomic mass is 10.1. The Morgan fingerprint density at radius 2 is 1.71 bits per heavy atom. The molecule has 1 aliphatic heterocycles. The van der Waals surface area contributed by atoms with E-state index in [1.54, 1.807) is 46.0 Å². The smallest absolute Gasteiger partial charge is 0.299 e. The lowest BCUT2D eigenvalue weighted by Crippen LogP contribution is -2.42. The molecule has 2 aromatic carbocycles. The summed E-state index contributed by atoms with van der Waals surface area (Å²) >= 11 is 0. The monoisotopic (exact) mass is 463 g/mol. The SMILES string of the molecule is CCOc1ccc(N(CC)C(=O)C(=O)c2cn(CC(=O)N3CCOCC3)c3ccccc23)cc1. The van der Waals surface area contributed by atoms with Crippen molar-refractivity contribution >= 4 is 34.2 Å². The van der Waals surface area contributed by atoms with Gasteiger partial charge in [-0.15, -0.1) is 0 Å². The summed E-state index contributed by atoms with van der Waals surface area (Å²) in [6.07, 6.45) is 1.62. The standard InChI is InChI=1S/C26H29N3O5/c1-3-29(19-9-11-20(12-10-19)34-4-2)26(32)25(31)22-17-28(23-8-6-5-7-21(22)23)18-24(30)27-13-15-33-16-14-27/h5-12,17H,3-4,13-16,18H2,1-2H3. The number of hydrogen-bond donors (Lipinski definition) is 0. The molecule has 0 N–H and O–H groups in total. The van der Waals surface area contributed by atoms with E-state index in [9.17, 15) is 14.4 Å². The molecule has 8 heteroatoms. The third-order valence-electron chi connectivity index (χ3n) is 5.92. The molecule has 1 saturated heterocycles. The Morgan fingerprint density at radius 1 is 1.00 bits per heavy atom. The Balaban J connectivity index is 1.60. The van der Waals surface area contributed by atoms with Crippen LogP contribution >= 0.6 is 0 Å². The number of para-hydroxylation sites is 1. The number of anilines is 1. The van der Waals surface area contributed by atoms with Crippen molar-refractivity contribution in [3.05, 3.63) is 60.3 Å².